The fourth-order valence-corrected chi connectivity index (χ4v) is 5.01. The first kappa shape index (κ1) is 21.4. The van der Waals surface area contributed by atoms with Gasteiger partial charge in [-0.3, -0.25) is 9.79 Å². The molecule has 1 aromatic carbocycles. The number of carbonyl (C=O) groups excluding carboxylic acids is 1. The van der Waals surface area contributed by atoms with E-state index in [0.29, 0.717) is 17.6 Å². The van der Waals surface area contributed by atoms with E-state index < -0.39 is 0 Å². The van der Waals surface area contributed by atoms with Crippen LogP contribution < -0.4 is 0 Å². The topological polar surface area (TPSA) is 35.9 Å². The van der Waals surface area contributed by atoms with Crippen LogP contribution in [-0.4, -0.2) is 46.4 Å². The number of amides is 1. The van der Waals surface area contributed by atoms with E-state index in [1.165, 1.54) is 38.5 Å². The molecule has 0 spiro atoms. The van der Waals surface area contributed by atoms with Crippen LogP contribution in [-0.2, 0) is 11.3 Å². The summed E-state index contributed by atoms with van der Waals surface area (Å²) in [7, 11) is 2.05. The summed E-state index contributed by atoms with van der Waals surface area (Å²) in [5, 5.41) is 1.78. The second-order valence-electron chi connectivity index (χ2n) is 6.87. The number of rotatable bonds is 5. The molecule has 0 N–H and O–H groups in total. The average Bonchev–Trinajstić information content (AvgIpc) is 2.81. The summed E-state index contributed by atoms with van der Waals surface area (Å²) in [6.07, 6.45) is 8.63. The molecule has 1 aromatic rings. The maximum Gasteiger partial charge on any atom is 0.211 e. The van der Waals surface area contributed by atoms with Gasteiger partial charge >= 0.3 is 0 Å². The predicted octanol–water partition coefficient (Wildman–Crippen LogP) is 4.80. The lowest BCUT2D eigenvalue weighted by Gasteiger charge is -2.30. The average molecular weight is 416 g/mol. The van der Waals surface area contributed by atoms with Crippen LogP contribution in [0.25, 0.3) is 0 Å². The lowest BCUT2D eigenvalue weighted by atomic mass is 10.1. The summed E-state index contributed by atoms with van der Waals surface area (Å²) in [5.41, 5.74) is 1.05. The fourth-order valence-electron chi connectivity index (χ4n) is 3.54. The van der Waals surface area contributed by atoms with Crippen molar-refractivity contribution in [3.63, 3.8) is 0 Å². The maximum atomic E-state index is 11.7. The van der Waals surface area contributed by atoms with E-state index in [1.807, 2.05) is 29.2 Å². The molecule has 4 nitrogen and oxygen atoms in total. The smallest absolute Gasteiger partial charge is 0.211 e. The van der Waals surface area contributed by atoms with Crippen molar-refractivity contribution in [2.75, 3.05) is 12.8 Å². The van der Waals surface area contributed by atoms with E-state index >= 15 is 0 Å². The monoisotopic (exact) mass is 415 g/mol. The van der Waals surface area contributed by atoms with Gasteiger partial charge in [0.15, 0.2) is 5.17 Å². The summed E-state index contributed by atoms with van der Waals surface area (Å²) in [6.45, 7) is 0.566. The molecule has 1 atom stereocenters. The van der Waals surface area contributed by atoms with E-state index in [2.05, 4.69) is 11.9 Å². The molecule has 1 aliphatic carbocycles. The van der Waals surface area contributed by atoms with E-state index in [-0.39, 0.29) is 18.6 Å². The van der Waals surface area contributed by atoms with Gasteiger partial charge in [-0.1, -0.05) is 61.2 Å². The Morgan fingerprint density at radius 1 is 1.31 bits per heavy atom. The molecule has 144 valence electrons. The van der Waals surface area contributed by atoms with Crippen molar-refractivity contribution in [2.24, 2.45) is 4.99 Å². The van der Waals surface area contributed by atoms with Crippen LogP contribution in [0.4, 0.5) is 0 Å². The SMILES string of the molecule is CN1C(=NC2CCCCCC2)SCC1N(C=O)Cc1cccc(Cl)c1.Cl. The fraction of sp³-hybridized carbons (Fsp3) is 0.579. The summed E-state index contributed by atoms with van der Waals surface area (Å²) < 4.78 is 0. The van der Waals surface area contributed by atoms with Crippen LogP contribution in [0.3, 0.4) is 0 Å². The number of amidine groups is 1. The molecule has 7 heteroatoms. The molecule has 0 radical (unpaired) electrons. The van der Waals surface area contributed by atoms with Crippen molar-refractivity contribution in [3.8, 4) is 0 Å². The van der Waals surface area contributed by atoms with E-state index in [1.54, 1.807) is 11.8 Å². The lowest BCUT2D eigenvalue weighted by Crippen LogP contribution is -2.44. The zero-order valence-corrected chi connectivity index (χ0v) is 17.5. The van der Waals surface area contributed by atoms with Crippen LogP contribution >= 0.6 is 35.8 Å². The van der Waals surface area contributed by atoms with Gasteiger partial charge in [0.05, 0.1) is 6.04 Å². The minimum Gasteiger partial charge on any atom is -0.333 e. The molecule has 26 heavy (non-hydrogen) atoms. The second kappa shape index (κ2) is 10.4. The quantitative estimate of drug-likeness (QED) is 0.511. The van der Waals surface area contributed by atoms with Gasteiger partial charge in [-0.25, -0.2) is 0 Å². The van der Waals surface area contributed by atoms with Gasteiger partial charge in [0.2, 0.25) is 6.41 Å². The third-order valence-electron chi connectivity index (χ3n) is 5.00. The molecule has 1 heterocycles. The molecule has 1 aliphatic heterocycles. The zero-order chi connectivity index (χ0) is 17.6. The maximum absolute atomic E-state index is 11.7. The van der Waals surface area contributed by atoms with Crippen molar-refractivity contribution >= 4 is 47.3 Å². The van der Waals surface area contributed by atoms with Gasteiger partial charge in [-0.15, -0.1) is 12.4 Å². The minimum absolute atomic E-state index is 0. The number of aliphatic imine (C=N–C) groups is 1. The Kier molecular flexibility index (Phi) is 8.58. The molecule has 3 rings (SSSR count). The highest BCUT2D eigenvalue weighted by atomic mass is 35.5. The number of thioether (sulfide) groups is 1. The van der Waals surface area contributed by atoms with Crippen LogP contribution in [0.15, 0.2) is 29.3 Å². The molecule has 1 unspecified atom stereocenters. The summed E-state index contributed by atoms with van der Waals surface area (Å²) >= 11 is 7.83. The number of hydrogen-bond donors (Lipinski definition) is 0. The number of nitrogens with zero attached hydrogens (tertiary/aromatic N) is 3. The summed E-state index contributed by atoms with van der Waals surface area (Å²) in [4.78, 5) is 20.7. The molecule has 0 aromatic heterocycles. The Morgan fingerprint density at radius 3 is 2.69 bits per heavy atom. The van der Waals surface area contributed by atoms with Crippen LogP contribution in [0, 0.1) is 0 Å². The number of hydrogen-bond acceptors (Lipinski definition) is 3. The minimum atomic E-state index is 0. The predicted molar refractivity (Wildman–Crippen MR) is 113 cm³/mol. The standard InChI is InChI=1S/C19H26ClN3OS.ClH/c1-22-18(23(14-24)12-15-7-6-8-16(20)11-15)13-25-19(22)21-17-9-4-2-3-5-10-17;/h6-8,11,14,17-18H,2-5,9-10,12-13H2,1H3;1H. The van der Waals surface area contributed by atoms with Crippen molar-refractivity contribution in [1.82, 2.24) is 9.80 Å². The lowest BCUT2D eigenvalue weighted by molar-refractivity contribution is -0.122. The first-order valence-corrected chi connectivity index (χ1v) is 10.4. The second-order valence-corrected chi connectivity index (χ2v) is 8.29. The summed E-state index contributed by atoms with van der Waals surface area (Å²) in [5.74, 6) is 0.862. The molecular formula is C19H27Cl2N3OS. The van der Waals surface area contributed by atoms with Gasteiger partial charge in [0, 0.05) is 24.4 Å². The van der Waals surface area contributed by atoms with Crippen LogP contribution in [0.2, 0.25) is 5.02 Å². The number of benzene rings is 1. The van der Waals surface area contributed by atoms with Gasteiger partial charge in [0.25, 0.3) is 0 Å². The van der Waals surface area contributed by atoms with Crippen molar-refractivity contribution in [3.05, 3.63) is 34.9 Å². The molecule has 2 aliphatic rings. The Morgan fingerprint density at radius 2 is 2.04 bits per heavy atom. The normalized spacial score (nSPS) is 22.8. The Bertz CT molecular complexity index is 621. The molecule has 2 fully saturated rings. The van der Waals surface area contributed by atoms with E-state index in [9.17, 15) is 4.79 Å². The Labute approximate surface area is 171 Å². The molecular weight excluding hydrogens is 389 g/mol. The van der Waals surface area contributed by atoms with Gasteiger partial charge in [-0.05, 0) is 30.5 Å². The molecule has 1 amide bonds. The van der Waals surface area contributed by atoms with Crippen molar-refractivity contribution in [1.29, 1.82) is 0 Å². The zero-order valence-electron chi connectivity index (χ0n) is 15.1. The van der Waals surface area contributed by atoms with E-state index in [0.717, 1.165) is 22.9 Å². The van der Waals surface area contributed by atoms with Crippen molar-refractivity contribution < 1.29 is 4.79 Å². The molecule has 0 bridgehead atoms. The third kappa shape index (κ3) is 5.54. The van der Waals surface area contributed by atoms with Crippen LogP contribution in [0.5, 0.6) is 0 Å². The first-order valence-electron chi connectivity index (χ1n) is 9.06. The highest BCUT2D eigenvalue weighted by Crippen LogP contribution is 2.28. The molecule has 1 saturated heterocycles. The number of halogens is 2. The highest BCUT2D eigenvalue weighted by Gasteiger charge is 2.32. The largest absolute Gasteiger partial charge is 0.333 e. The molecule has 1 saturated carbocycles. The van der Waals surface area contributed by atoms with Gasteiger partial charge in [0.1, 0.15) is 6.17 Å². The first-order chi connectivity index (χ1) is 12.2. The Hall–Kier alpha value is -0.910. The van der Waals surface area contributed by atoms with Gasteiger partial charge < -0.3 is 9.80 Å². The van der Waals surface area contributed by atoms with Gasteiger partial charge in [-0.2, -0.15) is 0 Å². The van der Waals surface area contributed by atoms with E-state index in [4.69, 9.17) is 16.6 Å². The summed E-state index contributed by atoms with van der Waals surface area (Å²) in [6, 6.07) is 8.15. The third-order valence-corrected chi connectivity index (χ3v) is 6.35. The highest BCUT2D eigenvalue weighted by molar-refractivity contribution is 8.14. The number of carbonyl (C=O) groups is 1. The Balaban J connectivity index is 0.00000243. The van der Waals surface area contributed by atoms with Crippen LogP contribution in [0.1, 0.15) is 44.1 Å². The van der Waals surface area contributed by atoms with Crippen molar-refractivity contribution in [2.45, 2.75) is 57.3 Å².